The van der Waals surface area contributed by atoms with Crippen LogP contribution in [0.3, 0.4) is 0 Å². The van der Waals surface area contributed by atoms with Crippen LogP contribution < -0.4 is 15.6 Å². The van der Waals surface area contributed by atoms with Gasteiger partial charge in [-0.25, -0.2) is 9.18 Å². The lowest BCUT2D eigenvalue weighted by atomic mass is 10.1. The van der Waals surface area contributed by atoms with E-state index in [1.54, 1.807) is 10.6 Å². The van der Waals surface area contributed by atoms with Crippen LogP contribution >= 0.6 is 0 Å². The van der Waals surface area contributed by atoms with Gasteiger partial charge in [-0.1, -0.05) is 0 Å². The molecule has 154 valence electrons. The van der Waals surface area contributed by atoms with Gasteiger partial charge in [0, 0.05) is 44.3 Å². The Morgan fingerprint density at radius 3 is 2.36 bits per heavy atom. The number of hydrogen-bond acceptors (Lipinski definition) is 6. The molecule has 0 aliphatic carbocycles. The average molecular weight is 415 g/mol. The van der Waals surface area contributed by atoms with Crippen molar-refractivity contribution in [2.75, 3.05) is 37.3 Å². The van der Waals surface area contributed by atoms with E-state index in [0.29, 0.717) is 37.1 Å². The van der Waals surface area contributed by atoms with Crippen molar-refractivity contribution < 1.29 is 27.3 Å². The second-order valence-corrected chi connectivity index (χ2v) is 7.72. The Bertz CT molecular complexity index is 1040. The normalized spacial score (nSPS) is 14.5. The van der Waals surface area contributed by atoms with Crippen LogP contribution in [0.4, 0.5) is 10.1 Å². The first-order valence-corrected chi connectivity index (χ1v) is 10.4. The number of anilines is 1. The van der Waals surface area contributed by atoms with E-state index in [1.165, 1.54) is 6.20 Å². The number of carbonyl (C=O) groups is 1. The molecule has 0 atom stereocenters. The molecule has 0 unspecified atom stereocenters. The Kier molecular flexibility index (Phi) is 6.75. The molecule has 2 aromatic rings. The van der Waals surface area contributed by atoms with E-state index >= 15 is 0 Å². The third-order valence-electron chi connectivity index (χ3n) is 4.18. The standard InChI is InChI=1S/C16H18FN3O3.CH4O3S/c1-2-19-9-11(16(22)23)15(21)10-7-12(17)14(8-13(10)19)20-5-3-18-4-6-20;1-5(2,3)4/h7-9,18H,2-6H2,1H3,(H,22,23);1H3,(H,2,3,4). The molecule has 0 amide bonds. The van der Waals surface area contributed by atoms with E-state index in [-0.39, 0.29) is 10.9 Å². The van der Waals surface area contributed by atoms with Gasteiger partial charge in [-0.15, -0.1) is 0 Å². The first kappa shape index (κ1) is 21.8. The van der Waals surface area contributed by atoms with Gasteiger partial charge >= 0.3 is 5.97 Å². The van der Waals surface area contributed by atoms with Crippen LogP contribution in [0, 0.1) is 5.82 Å². The van der Waals surface area contributed by atoms with Gasteiger partial charge in [0.1, 0.15) is 11.4 Å². The maximum absolute atomic E-state index is 14.5. The summed E-state index contributed by atoms with van der Waals surface area (Å²) in [5.74, 6) is -1.80. The van der Waals surface area contributed by atoms with E-state index < -0.39 is 27.3 Å². The van der Waals surface area contributed by atoms with Crippen LogP contribution in [0.1, 0.15) is 17.3 Å². The third kappa shape index (κ3) is 5.27. The highest BCUT2D eigenvalue weighted by Gasteiger charge is 2.19. The Hall–Kier alpha value is -2.50. The molecule has 0 spiro atoms. The fraction of sp³-hybridized carbons (Fsp3) is 0.412. The highest BCUT2D eigenvalue weighted by molar-refractivity contribution is 7.85. The lowest BCUT2D eigenvalue weighted by Crippen LogP contribution is -2.43. The van der Waals surface area contributed by atoms with E-state index in [2.05, 4.69) is 5.32 Å². The zero-order valence-electron chi connectivity index (χ0n) is 15.5. The molecule has 3 N–H and O–H groups in total. The summed E-state index contributed by atoms with van der Waals surface area (Å²) in [6.07, 6.45) is 2.04. The van der Waals surface area contributed by atoms with Crippen molar-refractivity contribution in [3.05, 3.63) is 39.9 Å². The Balaban J connectivity index is 0.000000500. The quantitative estimate of drug-likeness (QED) is 0.627. The molecule has 0 saturated carbocycles. The molecule has 1 aromatic heterocycles. The van der Waals surface area contributed by atoms with Gasteiger partial charge in [-0.3, -0.25) is 9.35 Å². The number of nitrogens with one attached hydrogen (secondary N) is 1. The van der Waals surface area contributed by atoms with E-state index in [4.69, 9.17) is 9.66 Å². The number of halogens is 1. The van der Waals surface area contributed by atoms with Crippen LogP contribution in [0.2, 0.25) is 0 Å². The molecule has 1 aromatic carbocycles. The predicted octanol–water partition coefficient (Wildman–Crippen LogP) is 0.772. The van der Waals surface area contributed by atoms with Crippen LogP contribution in [-0.4, -0.2) is 61.0 Å². The van der Waals surface area contributed by atoms with Gasteiger partial charge in [0.2, 0.25) is 5.43 Å². The number of fused-ring (bicyclic) bond motifs is 1. The zero-order chi connectivity index (χ0) is 21.1. The molecule has 0 radical (unpaired) electrons. The fourth-order valence-electron chi connectivity index (χ4n) is 2.96. The van der Waals surface area contributed by atoms with Crippen molar-refractivity contribution in [1.82, 2.24) is 9.88 Å². The first-order chi connectivity index (χ1) is 13.0. The van der Waals surface area contributed by atoms with E-state index in [1.807, 2.05) is 11.8 Å². The summed E-state index contributed by atoms with van der Waals surface area (Å²) in [6.45, 7) is 5.26. The summed E-state index contributed by atoms with van der Waals surface area (Å²) in [5.41, 5.74) is 0.0118. The van der Waals surface area contributed by atoms with Gasteiger partial charge < -0.3 is 19.9 Å². The van der Waals surface area contributed by atoms with Crippen LogP contribution in [0.5, 0.6) is 0 Å². The van der Waals surface area contributed by atoms with Gasteiger partial charge in [-0.2, -0.15) is 8.42 Å². The minimum absolute atomic E-state index is 0.100. The molecule has 3 rings (SSSR count). The summed E-state index contributed by atoms with van der Waals surface area (Å²) < 4.78 is 42.0. The topological polar surface area (TPSA) is 129 Å². The van der Waals surface area contributed by atoms with Gasteiger partial charge in [0.15, 0.2) is 0 Å². The molecule has 1 saturated heterocycles. The second-order valence-electron chi connectivity index (χ2n) is 6.25. The number of rotatable bonds is 3. The number of hydrogen-bond donors (Lipinski definition) is 3. The molecule has 1 aliphatic rings. The molecular weight excluding hydrogens is 393 g/mol. The monoisotopic (exact) mass is 415 g/mol. The van der Waals surface area contributed by atoms with Crippen LogP contribution in [0.15, 0.2) is 23.1 Å². The highest BCUT2D eigenvalue weighted by Crippen LogP contribution is 2.25. The van der Waals surface area contributed by atoms with Gasteiger partial charge in [0.05, 0.1) is 17.5 Å². The van der Waals surface area contributed by atoms with E-state index in [9.17, 15) is 22.4 Å². The predicted molar refractivity (Wildman–Crippen MR) is 103 cm³/mol. The second kappa shape index (κ2) is 8.67. The lowest BCUT2D eigenvalue weighted by Gasteiger charge is -2.30. The molecule has 1 aliphatic heterocycles. The number of nitrogens with zero attached hydrogens (tertiary/aromatic N) is 2. The van der Waals surface area contributed by atoms with Crippen molar-refractivity contribution in [3.63, 3.8) is 0 Å². The van der Waals surface area contributed by atoms with Crippen molar-refractivity contribution >= 4 is 32.7 Å². The lowest BCUT2D eigenvalue weighted by molar-refractivity contribution is 0.0694. The summed E-state index contributed by atoms with van der Waals surface area (Å²) in [5, 5.41) is 12.5. The number of piperazine rings is 1. The zero-order valence-corrected chi connectivity index (χ0v) is 16.3. The maximum Gasteiger partial charge on any atom is 0.341 e. The Labute approximate surface area is 161 Å². The number of aryl methyl sites for hydroxylation is 1. The van der Waals surface area contributed by atoms with Crippen molar-refractivity contribution in [2.24, 2.45) is 0 Å². The SMILES string of the molecule is CCn1cc(C(=O)O)c(=O)c2cc(F)c(N3CCNCC3)cc21.CS(=O)(=O)O. The van der Waals surface area contributed by atoms with Crippen molar-refractivity contribution in [2.45, 2.75) is 13.5 Å². The van der Waals surface area contributed by atoms with Crippen LogP contribution in [0.25, 0.3) is 10.9 Å². The molecule has 28 heavy (non-hydrogen) atoms. The molecule has 11 heteroatoms. The largest absolute Gasteiger partial charge is 0.477 e. The number of carboxylic acid groups (broad SMARTS) is 1. The summed E-state index contributed by atoms with van der Waals surface area (Å²) in [4.78, 5) is 25.4. The molecule has 0 bridgehead atoms. The van der Waals surface area contributed by atoms with Crippen molar-refractivity contribution in [1.29, 1.82) is 0 Å². The van der Waals surface area contributed by atoms with Gasteiger partial charge in [0.25, 0.3) is 10.1 Å². The Morgan fingerprint density at radius 2 is 1.86 bits per heavy atom. The third-order valence-corrected chi connectivity index (χ3v) is 4.18. The Morgan fingerprint density at radius 1 is 1.29 bits per heavy atom. The first-order valence-electron chi connectivity index (χ1n) is 8.51. The summed E-state index contributed by atoms with van der Waals surface area (Å²) in [6, 6.07) is 2.81. The maximum atomic E-state index is 14.5. The van der Waals surface area contributed by atoms with Crippen molar-refractivity contribution in [3.8, 4) is 0 Å². The minimum Gasteiger partial charge on any atom is -0.477 e. The highest BCUT2D eigenvalue weighted by atomic mass is 32.2. The van der Waals surface area contributed by atoms with E-state index in [0.717, 1.165) is 19.2 Å². The minimum atomic E-state index is -3.67. The number of carboxylic acids is 1. The summed E-state index contributed by atoms with van der Waals surface area (Å²) >= 11 is 0. The number of aromatic carboxylic acids is 1. The summed E-state index contributed by atoms with van der Waals surface area (Å²) in [7, 11) is -3.67. The smallest absolute Gasteiger partial charge is 0.341 e. The molecule has 1 fully saturated rings. The van der Waals surface area contributed by atoms with Gasteiger partial charge in [-0.05, 0) is 19.1 Å². The number of benzene rings is 1. The van der Waals surface area contributed by atoms with Crippen LogP contribution in [-0.2, 0) is 16.7 Å². The fourth-order valence-corrected chi connectivity index (χ4v) is 2.96. The molecule has 9 nitrogen and oxygen atoms in total. The molecule has 2 heterocycles. The number of pyridine rings is 1. The molecular formula is C17H22FN3O6S. The average Bonchev–Trinajstić information content (AvgIpc) is 2.61. The number of aromatic nitrogens is 1.